The van der Waals surface area contributed by atoms with Gasteiger partial charge < -0.3 is 15.5 Å². The van der Waals surface area contributed by atoms with Gasteiger partial charge in [-0.05, 0) is 49.9 Å². The third-order valence-electron chi connectivity index (χ3n) is 5.37. The van der Waals surface area contributed by atoms with E-state index in [2.05, 4.69) is 10.6 Å². The summed E-state index contributed by atoms with van der Waals surface area (Å²) in [7, 11) is 0. The second-order valence-corrected chi connectivity index (χ2v) is 7.46. The van der Waals surface area contributed by atoms with E-state index < -0.39 is 0 Å². The van der Waals surface area contributed by atoms with Crippen molar-refractivity contribution in [2.75, 3.05) is 18.0 Å². The Morgan fingerprint density at radius 3 is 2.44 bits per heavy atom. The van der Waals surface area contributed by atoms with E-state index in [1.165, 1.54) is 19.3 Å². The van der Waals surface area contributed by atoms with Crippen LogP contribution in [-0.4, -0.2) is 36.9 Å². The minimum atomic E-state index is -0.197. The van der Waals surface area contributed by atoms with Crippen molar-refractivity contribution in [3.8, 4) is 0 Å². The zero-order chi connectivity index (χ0) is 19.1. The summed E-state index contributed by atoms with van der Waals surface area (Å²) in [6, 6.07) is 7.39. The number of piperidine rings is 1. The molecule has 0 unspecified atom stereocenters. The Balaban J connectivity index is 1.42. The first-order valence-electron chi connectivity index (χ1n) is 10.1. The zero-order valence-electron chi connectivity index (χ0n) is 15.8. The van der Waals surface area contributed by atoms with Gasteiger partial charge in [-0.2, -0.15) is 0 Å². The fourth-order valence-electron chi connectivity index (χ4n) is 3.81. The molecule has 2 fully saturated rings. The molecule has 2 aliphatic rings. The summed E-state index contributed by atoms with van der Waals surface area (Å²) in [6.07, 6.45) is 8.58. The van der Waals surface area contributed by atoms with Gasteiger partial charge in [-0.1, -0.05) is 19.3 Å². The Morgan fingerprint density at radius 2 is 1.74 bits per heavy atom. The number of hydrogen-bond donors (Lipinski definition) is 2. The average Bonchev–Trinajstić information content (AvgIpc) is 2.69. The quantitative estimate of drug-likeness (QED) is 0.807. The Bertz CT molecular complexity index is 666. The van der Waals surface area contributed by atoms with Crippen LogP contribution in [0.3, 0.4) is 0 Å². The summed E-state index contributed by atoms with van der Waals surface area (Å²) in [5.41, 5.74) is 1.37. The second-order valence-electron chi connectivity index (χ2n) is 7.46. The van der Waals surface area contributed by atoms with E-state index in [4.69, 9.17) is 0 Å². The number of nitrogens with one attached hydrogen (secondary N) is 2. The molecule has 1 aromatic carbocycles. The predicted molar refractivity (Wildman–Crippen MR) is 105 cm³/mol. The summed E-state index contributed by atoms with van der Waals surface area (Å²) in [4.78, 5) is 38.0. The molecule has 27 heavy (non-hydrogen) atoms. The number of rotatable bonds is 6. The molecule has 146 valence electrons. The fourth-order valence-corrected chi connectivity index (χ4v) is 3.81. The molecule has 6 heteroatoms. The van der Waals surface area contributed by atoms with Crippen molar-refractivity contribution >= 4 is 23.4 Å². The maximum absolute atomic E-state index is 12.2. The Hall–Kier alpha value is -2.37. The van der Waals surface area contributed by atoms with Crippen molar-refractivity contribution < 1.29 is 14.4 Å². The normalized spacial score (nSPS) is 18.2. The van der Waals surface area contributed by atoms with E-state index in [-0.39, 0.29) is 17.7 Å². The number of nitrogens with zero attached hydrogens (tertiary/aromatic N) is 1. The molecule has 1 aliphatic heterocycles. The van der Waals surface area contributed by atoms with Gasteiger partial charge in [0.15, 0.2) is 0 Å². The van der Waals surface area contributed by atoms with Crippen molar-refractivity contribution in [1.82, 2.24) is 10.6 Å². The maximum atomic E-state index is 12.2. The summed E-state index contributed by atoms with van der Waals surface area (Å²) in [6.45, 7) is 1.06. The van der Waals surface area contributed by atoms with Crippen LogP contribution in [0.4, 0.5) is 5.69 Å². The zero-order valence-corrected chi connectivity index (χ0v) is 15.8. The number of carbonyl (C=O) groups excluding carboxylic acids is 3. The Labute approximate surface area is 160 Å². The molecule has 0 aromatic heterocycles. The van der Waals surface area contributed by atoms with E-state index in [1.54, 1.807) is 17.0 Å². The molecule has 0 spiro atoms. The monoisotopic (exact) mass is 371 g/mol. The lowest BCUT2D eigenvalue weighted by Crippen LogP contribution is -2.38. The van der Waals surface area contributed by atoms with Gasteiger partial charge >= 0.3 is 0 Å². The second kappa shape index (κ2) is 9.53. The van der Waals surface area contributed by atoms with Crippen LogP contribution >= 0.6 is 0 Å². The molecule has 3 amide bonds. The van der Waals surface area contributed by atoms with Crippen LogP contribution in [0.25, 0.3) is 0 Å². The molecule has 0 radical (unpaired) electrons. The van der Waals surface area contributed by atoms with Crippen LogP contribution in [-0.2, 0) is 9.59 Å². The van der Waals surface area contributed by atoms with E-state index >= 15 is 0 Å². The smallest absolute Gasteiger partial charge is 0.251 e. The van der Waals surface area contributed by atoms with E-state index in [0.717, 1.165) is 37.9 Å². The van der Waals surface area contributed by atoms with Gasteiger partial charge in [0.25, 0.3) is 5.91 Å². The lowest BCUT2D eigenvalue weighted by molar-refractivity contribution is -0.122. The highest BCUT2D eigenvalue weighted by Gasteiger charge is 2.20. The largest absolute Gasteiger partial charge is 0.353 e. The van der Waals surface area contributed by atoms with Crippen LogP contribution in [0.5, 0.6) is 0 Å². The van der Waals surface area contributed by atoms with Crippen molar-refractivity contribution in [1.29, 1.82) is 0 Å². The van der Waals surface area contributed by atoms with E-state index in [1.807, 2.05) is 12.1 Å². The number of anilines is 1. The first-order valence-corrected chi connectivity index (χ1v) is 10.1. The standard InChI is InChI=1S/C21H29N3O3/c25-19(23-17-6-2-1-3-7-17)13-14-22-21(27)16-9-11-18(12-10-16)24-15-5-4-8-20(24)26/h9-12,17H,1-8,13-15H2,(H,22,27)(H,23,25). The number of carbonyl (C=O) groups is 3. The van der Waals surface area contributed by atoms with Crippen molar-refractivity contribution in [3.63, 3.8) is 0 Å². The minimum Gasteiger partial charge on any atom is -0.353 e. The van der Waals surface area contributed by atoms with Crippen molar-refractivity contribution in [2.45, 2.75) is 63.8 Å². The van der Waals surface area contributed by atoms with Crippen LogP contribution in [0, 0.1) is 0 Å². The van der Waals surface area contributed by atoms with Gasteiger partial charge in [0.05, 0.1) is 0 Å². The van der Waals surface area contributed by atoms with Crippen molar-refractivity contribution in [2.24, 2.45) is 0 Å². The van der Waals surface area contributed by atoms with Crippen LogP contribution < -0.4 is 15.5 Å². The molecule has 6 nitrogen and oxygen atoms in total. The number of hydrogen-bond acceptors (Lipinski definition) is 3. The Kier molecular flexibility index (Phi) is 6.85. The van der Waals surface area contributed by atoms with E-state index in [9.17, 15) is 14.4 Å². The van der Waals surface area contributed by atoms with Gasteiger partial charge in [0.1, 0.15) is 0 Å². The molecule has 1 aromatic rings. The molecule has 1 saturated carbocycles. The highest BCUT2D eigenvalue weighted by Crippen LogP contribution is 2.21. The van der Waals surface area contributed by atoms with Crippen LogP contribution in [0.2, 0.25) is 0 Å². The maximum Gasteiger partial charge on any atom is 0.251 e. The van der Waals surface area contributed by atoms with Gasteiger partial charge in [0.2, 0.25) is 11.8 Å². The topological polar surface area (TPSA) is 78.5 Å². The highest BCUT2D eigenvalue weighted by molar-refractivity contribution is 5.97. The third kappa shape index (κ3) is 5.55. The molecular weight excluding hydrogens is 342 g/mol. The number of amides is 3. The molecule has 2 N–H and O–H groups in total. The molecule has 0 atom stereocenters. The van der Waals surface area contributed by atoms with E-state index in [0.29, 0.717) is 31.0 Å². The lowest BCUT2D eigenvalue weighted by atomic mass is 9.95. The molecule has 1 aliphatic carbocycles. The number of benzene rings is 1. The molecular formula is C21H29N3O3. The molecule has 1 heterocycles. The lowest BCUT2D eigenvalue weighted by Gasteiger charge is -2.26. The summed E-state index contributed by atoms with van der Waals surface area (Å²) in [5.74, 6) is -0.0550. The third-order valence-corrected chi connectivity index (χ3v) is 5.37. The van der Waals surface area contributed by atoms with Crippen molar-refractivity contribution in [3.05, 3.63) is 29.8 Å². The summed E-state index contributed by atoms with van der Waals surface area (Å²) in [5, 5.41) is 5.85. The van der Waals surface area contributed by atoms with Gasteiger partial charge in [0, 0.05) is 43.2 Å². The predicted octanol–water partition coefficient (Wildman–Crippen LogP) is 2.77. The van der Waals surface area contributed by atoms with Crippen LogP contribution in [0.15, 0.2) is 24.3 Å². The molecule has 1 saturated heterocycles. The van der Waals surface area contributed by atoms with Gasteiger partial charge in [-0.3, -0.25) is 14.4 Å². The average molecular weight is 371 g/mol. The first kappa shape index (κ1) is 19.4. The fraction of sp³-hybridized carbons (Fsp3) is 0.571. The summed E-state index contributed by atoms with van der Waals surface area (Å²) < 4.78 is 0. The highest BCUT2D eigenvalue weighted by atomic mass is 16.2. The summed E-state index contributed by atoms with van der Waals surface area (Å²) >= 11 is 0. The first-order chi connectivity index (χ1) is 13.1. The SMILES string of the molecule is O=C(CCNC(=O)c1ccc(N2CCCCC2=O)cc1)NC1CCCCC1. The minimum absolute atomic E-state index is 0.00107. The Morgan fingerprint density at radius 1 is 1.00 bits per heavy atom. The molecule has 0 bridgehead atoms. The van der Waals surface area contributed by atoms with Gasteiger partial charge in [-0.25, -0.2) is 0 Å². The van der Waals surface area contributed by atoms with Crippen LogP contribution in [0.1, 0.15) is 68.1 Å². The molecule has 3 rings (SSSR count). The van der Waals surface area contributed by atoms with Gasteiger partial charge in [-0.15, -0.1) is 0 Å².